The van der Waals surface area contributed by atoms with Gasteiger partial charge in [-0.25, -0.2) is 0 Å². The quantitative estimate of drug-likeness (QED) is 0.774. The van der Waals surface area contributed by atoms with Crippen LogP contribution in [0.4, 0.5) is 0 Å². The summed E-state index contributed by atoms with van der Waals surface area (Å²) in [4.78, 5) is 0. The molecule has 2 rings (SSSR count). The Morgan fingerprint density at radius 1 is 1.33 bits per heavy atom. The Balaban J connectivity index is 2.13. The predicted molar refractivity (Wildman–Crippen MR) is 66.2 cm³/mol. The van der Waals surface area contributed by atoms with Gasteiger partial charge in [0.25, 0.3) is 0 Å². The molecule has 1 aliphatic rings. The maximum atomic E-state index is 5.62. The molecule has 0 aliphatic carbocycles. The summed E-state index contributed by atoms with van der Waals surface area (Å²) in [5.74, 6) is 0.697. The van der Waals surface area contributed by atoms with Crippen LogP contribution in [0.25, 0.3) is 6.08 Å². The smallest absolute Gasteiger partial charge is 0.0258 e. The lowest BCUT2D eigenvalue weighted by atomic mass is 9.98. The van der Waals surface area contributed by atoms with Crippen molar-refractivity contribution < 1.29 is 0 Å². The highest BCUT2D eigenvalue weighted by atomic mass is 35.5. The third-order valence-electron chi connectivity index (χ3n) is 2.70. The molecule has 2 heteroatoms. The number of alkyl halides is 1. The van der Waals surface area contributed by atoms with Crippen molar-refractivity contribution in [2.24, 2.45) is 0 Å². The van der Waals surface area contributed by atoms with E-state index in [1.807, 2.05) is 0 Å². The van der Waals surface area contributed by atoms with Gasteiger partial charge in [0.1, 0.15) is 0 Å². The second-order valence-corrected chi connectivity index (χ2v) is 4.21. The van der Waals surface area contributed by atoms with E-state index in [1.54, 1.807) is 0 Å². The zero-order valence-corrected chi connectivity index (χ0v) is 9.56. The molecule has 0 radical (unpaired) electrons. The number of hydrogen-bond donors (Lipinski definition) is 1. The van der Waals surface area contributed by atoms with Crippen molar-refractivity contribution in [3.8, 4) is 0 Å². The van der Waals surface area contributed by atoms with E-state index in [9.17, 15) is 0 Å². The normalized spacial score (nSPS) is 15.5. The third-order valence-corrected chi connectivity index (χ3v) is 2.92. The Bertz CT molecular complexity index is 358. The molecule has 0 amide bonds. The number of allylic oxidation sites excluding steroid dienone is 1. The summed E-state index contributed by atoms with van der Waals surface area (Å²) in [6, 6.07) is 6.71. The highest BCUT2D eigenvalue weighted by Gasteiger charge is 2.07. The zero-order valence-electron chi connectivity index (χ0n) is 8.80. The van der Waals surface area contributed by atoms with E-state index < -0.39 is 0 Å². The van der Waals surface area contributed by atoms with Gasteiger partial charge in [-0.3, -0.25) is 0 Å². The van der Waals surface area contributed by atoms with Crippen molar-refractivity contribution in [3.05, 3.63) is 41.0 Å². The minimum Gasteiger partial charge on any atom is -0.312 e. The van der Waals surface area contributed by atoms with Gasteiger partial charge in [-0.05, 0) is 36.1 Å². The standard InChI is InChI=1S/C13H16ClN/c14-7-2-1-3-11-4-5-12-6-8-15-10-13(12)9-11/h1,3-5,9,15H,2,6-8,10H2. The van der Waals surface area contributed by atoms with E-state index in [4.69, 9.17) is 11.6 Å². The van der Waals surface area contributed by atoms with Crippen LogP contribution >= 0.6 is 11.6 Å². The molecule has 1 aromatic carbocycles. The SMILES string of the molecule is ClCCC=Cc1ccc2c(c1)CNCC2. The maximum Gasteiger partial charge on any atom is 0.0258 e. The average molecular weight is 222 g/mol. The molecular formula is C13H16ClN. The van der Waals surface area contributed by atoms with Gasteiger partial charge in [-0.2, -0.15) is 0 Å². The molecular weight excluding hydrogens is 206 g/mol. The van der Waals surface area contributed by atoms with Gasteiger partial charge in [0.05, 0.1) is 0 Å². The molecule has 0 aromatic heterocycles. The molecule has 0 bridgehead atoms. The van der Waals surface area contributed by atoms with E-state index in [-0.39, 0.29) is 0 Å². The summed E-state index contributed by atoms with van der Waals surface area (Å²) in [5.41, 5.74) is 4.21. The van der Waals surface area contributed by atoms with Crippen molar-refractivity contribution in [2.45, 2.75) is 19.4 Å². The van der Waals surface area contributed by atoms with Crippen molar-refractivity contribution in [1.29, 1.82) is 0 Å². The first-order chi connectivity index (χ1) is 7.40. The molecule has 0 fully saturated rings. The van der Waals surface area contributed by atoms with Crippen LogP contribution in [0.2, 0.25) is 0 Å². The molecule has 0 unspecified atom stereocenters. The summed E-state index contributed by atoms with van der Waals surface area (Å²) in [6.07, 6.45) is 6.38. The zero-order chi connectivity index (χ0) is 10.5. The summed E-state index contributed by atoms with van der Waals surface area (Å²) < 4.78 is 0. The highest BCUT2D eigenvalue weighted by Crippen LogP contribution is 2.16. The topological polar surface area (TPSA) is 12.0 Å². The number of fused-ring (bicyclic) bond motifs is 1. The van der Waals surface area contributed by atoms with E-state index >= 15 is 0 Å². The molecule has 15 heavy (non-hydrogen) atoms. The monoisotopic (exact) mass is 221 g/mol. The third kappa shape index (κ3) is 2.83. The Labute approximate surface area is 96.1 Å². The number of nitrogens with one attached hydrogen (secondary N) is 1. The lowest BCUT2D eigenvalue weighted by Gasteiger charge is -2.17. The van der Waals surface area contributed by atoms with E-state index in [0.29, 0.717) is 5.88 Å². The minimum absolute atomic E-state index is 0.697. The lowest BCUT2D eigenvalue weighted by molar-refractivity contribution is 0.643. The second-order valence-electron chi connectivity index (χ2n) is 3.83. The first kappa shape index (κ1) is 10.7. The highest BCUT2D eigenvalue weighted by molar-refractivity contribution is 6.17. The summed E-state index contributed by atoms with van der Waals surface area (Å²) in [5, 5.41) is 3.39. The minimum atomic E-state index is 0.697. The van der Waals surface area contributed by atoms with Gasteiger partial charge in [0.15, 0.2) is 0 Å². The fraction of sp³-hybridized carbons (Fsp3) is 0.385. The second kappa shape index (κ2) is 5.34. The molecule has 0 spiro atoms. The largest absolute Gasteiger partial charge is 0.312 e. The van der Waals surface area contributed by atoms with Crippen molar-refractivity contribution >= 4 is 17.7 Å². The van der Waals surface area contributed by atoms with Crippen molar-refractivity contribution in [2.75, 3.05) is 12.4 Å². The molecule has 80 valence electrons. The Morgan fingerprint density at radius 2 is 2.27 bits per heavy atom. The fourth-order valence-corrected chi connectivity index (χ4v) is 2.01. The van der Waals surface area contributed by atoms with Gasteiger partial charge in [-0.1, -0.05) is 30.4 Å². The van der Waals surface area contributed by atoms with Gasteiger partial charge >= 0.3 is 0 Å². The van der Waals surface area contributed by atoms with Crippen LogP contribution in [0.5, 0.6) is 0 Å². The van der Waals surface area contributed by atoms with Crippen molar-refractivity contribution in [1.82, 2.24) is 5.32 Å². The van der Waals surface area contributed by atoms with E-state index in [2.05, 4.69) is 35.7 Å². The molecule has 1 N–H and O–H groups in total. The van der Waals surface area contributed by atoms with Crippen LogP contribution in [0, 0.1) is 0 Å². The fourth-order valence-electron chi connectivity index (χ4n) is 1.89. The Hall–Kier alpha value is -0.790. The maximum absolute atomic E-state index is 5.62. The van der Waals surface area contributed by atoms with Gasteiger partial charge in [0, 0.05) is 12.4 Å². The lowest BCUT2D eigenvalue weighted by Crippen LogP contribution is -2.23. The predicted octanol–water partition coefficient (Wildman–Crippen LogP) is 2.97. The molecule has 0 saturated carbocycles. The van der Waals surface area contributed by atoms with Gasteiger partial charge in [-0.15, -0.1) is 11.6 Å². The van der Waals surface area contributed by atoms with Crippen LogP contribution in [0.1, 0.15) is 23.1 Å². The average Bonchev–Trinajstić information content (AvgIpc) is 2.29. The number of benzene rings is 1. The van der Waals surface area contributed by atoms with Gasteiger partial charge in [0.2, 0.25) is 0 Å². The molecule has 1 heterocycles. The van der Waals surface area contributed by atoms with Gasteiger partial charge < -0.3 is 5.32 Å². The molecule has 0 saturated heterocycles. The summed E-state index contributed by atoms with van der Waals surface area (Å²) in [6.45, 7) is 2.11. The number of hydrogen-bond acceptors (Lipinski definition) is 1. The summed E-state index contributed by atoms with van der Waals surface area (Å²) in [7, 11) is 0. The van der Waals surface area contributed by atoms with E-state index in [0.717, 1.165) is 25.9 Å². The molecule has 1 nitrogen and oxygen atoms in total. The van der Waals surface area contributed by atoms with Crippen LogP contribution in [-0.4, -0.2) is 12.4 Å². The first-order valence-corrected chi connectivity index (χ1v) is 5.98. The molecule has 1 aliphatic heterocycles. The Morgan fingerprint density at radius 3 is 3.13 bits per heavy atom. The first-order valence-electron chi connectivity index (χ1n) is 5.45. The molecule has 0 atom stereocenters. The van der Waals surface area contributed by atoms with E-state index in [1.165, 1.54) is 16.7 Å². The summed E-state index contributed by atoms with van der Waals surface area (Å²) >= 11 is 5.62. The van der Waals surface area contributed by atoms with Crippen LogP contribution < -0.4 is 5.32 Å². The van der Waals surface area contributed by atoms with Crippen LogP contribution in [0.3, 0.4) is 0 Å². The van der Waals surface area contributed by atoms with Crippen LogP contribution in [0.15, 0.2) is 24.3 Å². The number of rotatable bonds is 3. The number of halogens is 1. The Kier molecular flexibility index (Phi) is 3.81. The van der Waals surface area contributed by atoms with Crippen molar-refractivity contribution in [3.63, 3.8) is 0 Å². The molecule has 1 aromatic rings. The van der Waals surface area contributed by atoms with Crippen LogP contribution in [-0.2, 0) is 13.0 Å².